The van der Waals surface area contributed by atoms with Crippen LogP contribution in [0.4, 0.5) is 5.69 Å². The van der Waals surface area contributed by atoms with E-state index in [0.717, 1.165) is 48.7 Å². The van der Waals surface area contributed by atoms with Crippen molar-refractivity contribution in [2.75, 3.05) is 0 Å². The molecule has 0 aromatic heterocycles. The second-order valence-electron chi connectivity index (χ2n) is 11.2. The molecule has 0 unspecified atom stereocenters. The lowest BCUT2D eigenvalue weighted by Gasteiger charge is -2.11. The zero-order valence-corrected chi connectivity index (χ0v) is 32.5. The van der Waals surface area contributed by atoms with Crippen molar-refractivity contribution < 1.29 is 19.9 Å². The number of hydrogen-bond acceptors (Lipinski definition) is 6. The number of allylic oxidation sites excluding steroid dienone is 3. The van der Waals surface area contributed by atoms with E-state index in [4.69, 9.17) is 0 Å². The van der Waals surface area contributed by atoms with Crippen LogP contribution >= 0.6 is 54.5 Å². The van der Waals surface area contributed by atoms with Gasteiger partial charge in [-0.2, -0.15) is 0 Å². The number of hydrogen-bond donors (Lipinski definition) is 2. The summed E-state index contributed by atoms with van der Waals surface area (Å²) in [5, 5.41) is 49.1. The number of nitro benzene ring substituents is 1. The second-order valence-corrected chi connectivity index (χ2v) is 13.8. The first-order valence-electron chi connectivity index (χ1n) is 15.6. The number of nitro groups is 2. The summed E-state index contributed by atoms with van der Waals surface area (Å²) in [5.41, 5.74) is 2.20. The van der Waals surface area contributed by atoms with Gasteiger partial charge in [-0.1, -0.05) is 142 Å². The summed E-state index contributed by atoms with van der Waals surface area (Å²) in [6.45, 7) is 3.43. The van der Waals surface area contributed by atoms with Crippen LogP contribution in [0.25, 0.3) is 54.2 Å². The van der Waals surface area contributed by atoms with Crippen LogP contribution in [0.15, 0.2) is 165 Å². The maximum absolute atomic E-state index is 11.5. The van der Waals surface area contributed by atoms with Crippen LogP contribution in [0, 0.1) is 20.2 Å². The van der Waals surface area contributed by atoms with Crippen molar-refractivity contribution in [3.05, 3.63) is 185 Å². The zero-order chi connectivity index (χ0) is 37.4. The number of nitrogens with zero attached hydrogens (tertiary/aromatic N) is 2. The van der Waals surface area contributed by atoms with Gasteiger partial charge in [0.1, 0.15) is 0 Å². The van der Waals surface area contributed by atoms with Gasteiger partial charge in [0, 0.05) is 16.6 Å². The highest BCUT2D eigenvalue weighted by molar-refractivity contribution is 14.1. The zero-order valence-electron chi connectivity index (χ0n) is 27.2. The number of benzene rings is 7. The van der Waals surface area contributed by atoms with Gasteiger partial charge in [0.15, 0.2) is 0 Å². The van der Waals surface area contributed by atoms with Gasteiger partial charge >= 0.3 is 7.12 Å². The molecule has 2 N–H and O–H groups in total. The minimum Gasteiger partial charge on any atom is -0.423 e. The molecule has 0 saturated heterocycles. The van der Waals surface area contributed by atoms with Crippen LogP contribution in [-0.4, -0.2) is 27.0 Å². The van der Waals surface area contributed by atoms with E-state index < -0.39 is 12.0 Å². The van der Waals surface area contributed by atoms with Crippen molar-refractivity contribution in [3.63, 3.8) is 0 Å². The Kier molecular flexibility index (Phi) is 13.1. The summed E-state index contributed by atoms with van der Waals surface area (Å²) in [6, 6.07) is 41.0. The molecule has 0 atom stereocenters. The van der Waals surface area contributed by atoms with Gasteiger partial charge in [-0.15, -0.1) is 0 Å². The lowest BCUT2D eigenvalue weighted by atomic mass is 9.76. The summed E-state index contributed by atoms with van der Waals surface area (Å²) in [6.07, 6.45) is 2.80. The highest BCUT2D eigenvalue weighted by Crippen LogP contribution is 2.39. The summed E-state index contributed by atoms with van der Waals surface area (Å²) in [4.78, 5) is 22.5. The molecule has 258 valence electrons. The van der Waals surface area contributed by atoms with Gasteiger partial charge in [-0.25, -0.2) is 0 Å². The fraction of sp³-hybridized carbons (Fsp3) is 0. The number of fused-ring (bicyclic) bond motifs is 6. The minimum absolute atomic E-state index is 0.0393. The molecule has 0 bridgehead atoms. The predicted octanol–water partition coefficient (Wildman–Crippen LogP) is 11.0. The predicted molar refractivity (Wildman–Crippen MR) is 229 cm³/mol. The first kappa shape index (κ1) is 38.5. The first-order chi connectivity index (χ1) is 25.0. The molecule has 0 aliphatic rings. The van der Waals surface area contributed by atoms with Crippen LogP contribution in [-0.2, 0) is 0 Å². The molecular formula is C40H28BBr2IN2O6. The largest absolute Gasteiger partial charge is 0.489 e. The van der Waals surface area contributed by atoms with Crippen molar-refractivity contribution in [3.8, 4) is 11.1 Å². The van der Waals surface area contributed by atoms with Crippen LogP contribution < -0.4 is 5.46 Å². The highest BCUT2D eigenvalue weighted by Gasteiger charge is 2.19. The van der Waals surface area contributed by atoms with Crippen molar-refractivity contribution in [1.82, 2.24) is 0 Å². The maximum atomic E-state index is 11.5. The smallest absolute Gasteiger partial charge is 0.423 e. The van der Waals surface area contributed by atoms with Crippen LogP contribution in [0.3, 0.4) is 0 Å². The molecule has 0 aliphatic carbocycles. The molecule has 12 heteroatoms. The van der Waals surface area contributed by atoms with Crippen molar-refractivity contribution >= 4 is 116 Å². The normalized spacial score (nSPS) is 11.4. The molecule has 0 fully saturated rings. The van der Waals surface area contributed by atoms with Gasteiger partial charge in [0.25, 0.3) is 11.4 Å². The fourth-order valence-electron chi connectivity index (χ4n) is 5.85. The van der Waals surface area contributed by atoms with Crippen molar-refractivity contribution in [1.29, 1.82) is 0 Å². The monoisotopic (exact) mass is 928 g/mol. The summed E-state index contributed by atoms with van der Waals surface area (Å²) in [5.74, 6) is 0. The quantitative estimate of drug-likeness (QED) is 0.0427. The topological polar surface area (TPSA) is 127 Å². The molecule has 0 spiro atoms. The number of halogens is 3. The van der Waals surface area contributed by atoms with E-state index in [2.05, 4.69) is 50.6 Å². The number of rotatable bonds is 6. The van der Waals surface area contributed by atoms with Gasteiger partial charge in [0.05, 0.1) is 19.0 Å². The molecule has 7 aromatic rings. The van der Waals surface area contributed by atoms with Gasteiger partial charge in [-0.3, -0.25) is 20.2 Å². The third-order valence-corrected chi connectivity index (χ3v) is 9.88. The van der Waals surface area contributed by atoms with E-state index in [1.54, 1.807) is 12.1 Å². The molecule has 0 heterocycles. The van der Waals surface area contributed by atoms with E-state index in [1.165, 1.54) is 17.1 Å². The SMILES string of the molecule is C=C/C(I)=C(\C=C\Br)[N+](=O)[O-].O=[N+]([O-])c1cc(Br)ccc1-c1cc2ccccc2c2ccccc12.OB(O)c1cc2ccccc2c2ccccc12. The first-order valence-corrected chi connectivity index (χ1v) is 18.4. The standard InChI is InChI=1S/C20H12BrNO2.C14H11BO2.C6H5BrINO2/c21-14-9-10-18(20(12-14)22(23)24)19-11-13-5-1-2-6-15(13)16-7-3-4-8-17(16)19;16-15(17)14-9-10-5-1-2-6-11(10)12-7-3-4-8-13(12)14;1-2-5(8)6(3-4-7)9(10)11/h1-12H;1-9,16-17H;2-4H,1H2/b;;4-3+,6-5-. The lowest BCUT2D eigenvalue weighted by molar-refractivity contribution is -0.419. The summed E-state index contributed by atoms with van der Waals surface area (Å²) >= 11 is 8.14. The van der Waals surface area contributed by atoms with Crippen molar-refractivity contribution in [2.24, 2.45) is 0 Å². The van der Waals surface area contributed by atoms with E-state index in [-0.39, 0.29) is 16.3 Å². The van der Waals surface area contributed by atoms with E-state index >= 15 is 0 Å². The Hall–Kier alpha value is -4.73. The molecular weight excluding hydrogens is 902 g/mol. The Morgan fingerprint density at radius 1 is 0.692 bits per heavy atom. The van der Waals surface area contributed by atoms with Crippen molar-refractivity contribution in [2.45, 2.75) is 0 Å². The Balaban J connectivity index is 0.000000163. The minimum atomic E-state index is -1.44. The lowest BCUT2D eigenvalue weighted by Crippen LogP contribution is -2.30. The van der Waals surface area contributed by atoms with E-state index in [9.17, 15) is 30.3 Å². The maximum Gasteiger partial charge on any atom is 0.489 e. The van der Waals surface area contributed by atoms with Crippen LogP contribution in [0.1, 0.15) is 0 Å². The van der Waals surface area contributed by atoms with Crippen LogP contribution in [0.2, 0.25) is 0 Å². The molecule has 52 heavy (non-hydrogen) atoms. The Morgan fingerprint density at radius 3 is 1.71 bits per heavy atom. The average molecular weight is 930 g/mol. The Morgan fingerprint density at radius 2 is 1.19 bits per heavy atom. The van der Waals surface area contributed by atoms with Gasteiger partial charge < -0.3 is 10.0 Å². The second kappa shape index (κ2) is 17.7. The third kappa shape index (κ3) is 8.65. The fourth-order valence-corrected chi connectivity index (χ4v) is 6.83. The highest BCUT2D eigenvalue weighted by atomic mass is 127. The summed E-state index contributed by atoms with van der Waals surface area (Å²) < 4.78 is 1.21. The Labute approximate surface area is 329 Å². The molecule has 7 aromatic carbocycles. The molecule has 0 radical (unpaired) electrons. The van der Waals surface area contributed by atoms with Crippen LogP contribution in [0.5, 0.6) is 0 Å². The van der Waals surface area contributed by atoms with E-state index in [0.29, 0.717) is 19.1 Å². The Bertz CT molecular complexity index is 2540. The molecule has 7 rings (SSSR count). The molecule has 0 aliphatic heterocycles. The molecule has 0 amide bonds. The van der Waals surface area contributed by atoms with E-state index in [1.807, 2.05) is 126 Å². The third-order valence-electron chi connectivity index (χ3n) is 8.13. The summed E-state index contributed by atoms with van der Waals surface area (Å²) in [7, 11) is -1.44. The van der Waals surface area contributed by atoms with Gasteiger partial charge in [-0.05, 0) is 106 Å². The molecule has 8 nitrogen and oxygen atoms in total. The molecule has 0 saturated carbocycles. The van der Waals surface area contributed by atoms with Gasteiger partial charge in [0.2, 0.25) is 0 Å². The average Bonchev–Trinajstić information content (AvgIpc) is 3.16.